The molecule has 0 aliphatic carbocycles. The zero-order valence-corrected chi connectivity index (χ0v) is 10.8. The molecule has 0 aromatic heterocycles. The summed E-state index contributed by atoms with van der Waals surface area (Å²) in [5.41, 5.74) is 0.969. The molecule has 1 aliphatic heterocycles. The number of fused-ring (bicyclic) bond motifs is 1. The van der Waals surface area contributed by atoms with E-state index in [-0.39, 0.29) is 11.3 Å². The fourth-order valence-electron chi connectivity index (χ4n) is 2.20. The topological polar surface area (TPSA) is 69.4 Å². The standard InChI is InChI=1S/C14H8ClNO4/c15-14(9-4-2-1-3-5-9)12-7-6-10(16(18)19)8-11(12)13(17)20-14/h1-8H. The van der Waals surface area contributed by atoms with Crippen LogP contribution in [0.4, 0.5) is 5.69 Å². The molecule has 0 radical (unpaired) electrons. The zero-order valence-electron chi connectivity index (χ0n) is 10.1. The van der Waals surface area contributed by atoms with Crippen LogP contribution < -0.4 is 0 Å². The van der Waals surface area contributed by atoms with Crippen LogP contribution >= 0.6 is 11.6 Å². The molecule has 0 amide bonds. The van der Waals surface area contributed by atoms with Crippen LogP contribution in [0.3, 0.4) is 0 Å². The highest BCUT2D eigenvalue weighted by molar-refractivity contribution is 6.27. The largest absolute Gasteiger partial charge is 0.431 e. The SMILES string of the molecule is O=C1OC(Cl)(c2ccccc2)c2ccc([N+](=O)[O-])cc21. The summed E-state index contributed by atoms with van der Waals surface area (Å²) in [7, 11) is 0. The molecule has 0 saturated carbocycles. The first-order valence-electron chi connectivity index (χ1n) is 5.79. The number of nitro benzene ring substituents is 1. The second kappa shape index (κ2) is 4.31. The van der Waals surface area contributed by atoms with Gasteiger partial charge in [-0.05, 0) is 6.07 Å². The summed E-state index contributed by atoms with van der Waals surface area (Å²) >= 11 is 6.44. The number of carbonyl (C=O) groups excluding carboxylic acids is 1. The van der Waals surface area contributed by atoms with E-state index in [1.807, 2.05) is 6.07 Å². The molecule has 0 fully saturated rings. The van der Waals surface area contributed by atoms with E-state index in [9.17, 15) is 14.9 Å². The number of halogens is 1. The first kappa shape index (κ1) is 12.6. The average molecular weight is 290 g/mol. The molecule has 0 bridgehead atoms. The molecular formula is C14H8ClNO4. The van der Waals surface area contributed by atoms with Gasteiger partial charge in [0.15, 0.2) is 0 Å². The first-order valence-corrected chi connectivity index (χ1v) is 6.17. The van der Waals surface area contributed by atoms with E-state index in [2.05, 4.69) is 0 Å². The van der Waals surface area contributed by atoms with Crippen LogP contribution in [0.5, 0.6) is 0 Å². The first-order chi connectivity index (χ1) is 9.52. The second-order valence-corrected chi connectivity index (χ2v) is 4.87. The lowest BCUT2D eigenvalue weighted by molar-refractivity contribution is -0.384. The molecule has 1 atom stereocenters. The Morgan fingerprint density at radius 3 is 2.50 bits per heavy atom. The third-order valence-electron chi connectivity index (χ3n) is 3.16. The molecule has 0 N–H and O–H groups in total. The van der Waals surface area contributed by atoms with Gasteiger partial charge in [0.1, 0.15) is 0 Å². The van der Waals surface area contributed by atoms with E-state index in [0.29, 0.717) is 11.1 Å². The molecule has 1 aliphatic rings. The number of ether oxygens (including phenoxy) is 1. The van der Waals surface area contributed by atoms with Gasteiger partial charge in [0.25, 0.3) is 5.69 Å². The Kier molecular flexibility index (Phi) is 2.72. The summed E-state index contributed by atoms with van der Waals surface area (Å²) in [6.45, 7) is 0. The number of hydrogen-bond donors (Lipinski definition) is 0. The van der Waals surface area contributed by atoms with Crippen molar-refractivity contribution in [2.45, 2.75) is 5.06 Å². The molecule has 0 spiro atoms. The number of benzene rings is 2. The fraction of sp³-hybridized carbons (Fsp3) is 0.0714. The summed E-state index contributed by atoms with van der Waals surface area (Å²) in [6.07, 6.45) is 0. The normalized spacial score (nSPS) is 20.4. The lowest BCUT2D eigenvalue weighted by Crippen LogP contribution is -2.20. The van der Waals surface area contributed by atoms with E-state index in [1.165, 1.54) is 18.2 Å². The van der Waals surface area contributed by atoms with Crippen molar-refractivity contribution >= 4 is 23.3 Å². The Bertz CT molecular complexity index is 716. The van der Waals surface area contributed by atoms with Crippen molar-refractivity contribution in [2.75, 3.05) is 0 Å². The van der Waals surface area contributed by atoms with Gasteiger partial charge in [-0.3, -0.25) is 10.1 Å². The highest BCUT2D eigenvalue weighted by Gasteiger charge is 2.46. The van der Waals surface area contributed by atoms with Crippen LogP contribution in [0.25, 0.3) is 0 Å². The van der Waals surface area contributed by atoms with Gasteiger partial charge in [0.05, 0.1) is 10.5 Å². The van der Waals surface area contributed by atoms with E-state index < -0.39 is 16.0 Å². The van der Waals surface area contributed by atoms with Gasteiger partial charge in [-0.25, -0.2) is 4.79 Å². The fourth-order valence-corrected chi connectivity index (χ4v) is 2.56. The minimum Gasteiger partial charge on any atom is -0.431 e. The number of alkyl halides is 1. The number of carbonyl (C=O) groups is 1. The van der Waals surface area contributed by atoms with E-state index in [0.717, 1.165) is 0 Å². The van der Waals surface area contributed by atoms with Gasteiger partial charge in [0.2, 0.25) is 5.06 Å². The molecule has 2 aromatic rings. The zero-order chi connectivity index (χ0) is 14.3. The van der Waals surface area contributed by atoms with Gasteiger partial charge in [0, 0.05) is 23.3 Å². The number of non-ortho nitro benzene ring substituents is 1. The van der Waals surface area contributed by atoms with Crippen LogP contribution in [0, 0.1) is 10.1 Å². The highest BCUT2D eigenvalue weighted by atomic mass is 35.5. The highest BCUT2D eigenvalue weighted by Crippen LogP contribution is 2.45. The molecule has 5 nitrogen and oxygen atoms in total. The van der Waals surface area contributed by atoms with Crippen molar-refractivity contribution in [3.05, 3.63) is 75.3 Å². The predicted octanol–water partition coefficient (Wildman–Crippen LogP) is 3.21. The Morgan fingerprint density at radius 1 is 1.15 bits per heavy atom. The Morgan fingerprint density at radius 2 is 1.85 bits per heavy atom. The molecule has 2 aromatic carbocycles. The molecule has 1 heterocycles. The quantitative estimate of drug-likeness (QED) is 0.368. The van der Waals surface area contributed by atoms with Crippen molar-refractivity contribution in [1.29, 1.82) is 0 Å². The lowest BCUT2D eigenvalue weighted by atomic mass is 9.98. The Hall–Kier alpha value is -2.40. The van der Waals surface area contributed by atoms with Gasteiger partial charge < -0.3 is 4.74 Å². The summed E-state index contributed by atoms with van der Waals surface area (Å²) < 4.78 is 5.24. The van der Waals surface area contributed by atoms with E-state index in [4.69, 9.17) is 16.3 Å². The molecule has 100 valence electrons. The number of cyclic esters (lactones) is 1. The maximum Gasteiger partial charge on any atom is 0.341 e. The number of rotatable bonds is 2. The summed E-state index contributed by atoms with van der Waals surface area (Å²) in [6, 6.07) is 12.8. The minimum absolute atomic E-state index is 0.123. The Labute approximate surface area is 118 Å². The maximum absolute atomic E-state index is 11.9. The third-order valence-corrected chi connectivity index (χ3v) is 3.66. The summed E-state index contributed by atoms with van der Waals surface area (Å²) in [4.78, 5) is 22.1. The number of hydrogen-bond acceptors (Lipinski definition) is 4. The van der Waals surface area contributed by atoms with Crippen molar-refractivity contribution in [1.82, 2.24) is 0 Å². The van der Waals surface area contributed by atoms with Gasteiger partial charge in [-0.1, -0.05) is 41.9 Å². The third kappa shape index (κ3) is 1.75. The van der Waals surface area contributed by atoms with Crippen LogP contribution in [0.1, 0.15) is 21.5 Å². The van der Waals surface area contributed by atoms with Gasteiger partial charge >= 0.3 is 5.97 Å². The van der Waals surface area contributed by atoms with Crippen LogP contribution in [-0.4, -0.2) is 10.9 Å². The maximum atomic E-state index is 11.9. The van der Waals surface area contributed by atoms with E-state index in [1.54, 1.807) is 24.3 Å². The molecule has 20 heavy (non-hydrogen) atoms. The molecule has 6 heteroatoms. The van der Waals surface area contributed by atoms with Crippen LogP contribution in [0.2, 0.25) is 0 Å². The number of esters is 1. The Balaban J connectivity index is 2.18. The molecule has 1 unspecified atom stereocenters. The van der Waals surface area contributed by atoms with Crippen LogP contribution in [-0.2, 0) is 9.80 Å². The lowest BCUT2D eigenvalue weighted by Gasteiger charge is -2.21. The predicted molar refractivity (Wildman–Crippen MR) is 71.6 cm³/mol. The van der Waals surface area contributed by atoms with Gasteiger partial charge in [-0.15, -0.1) is 0 Å². The minimum atomic E-state index is -1.43. The smallest absolute Gasteiger partial charge is 0.341 e. The molecule has 3 rings (SSSR count). The average Bonchev–Trinajstić information content (AvgIpc) is 2.72. The molecule has 0 saturated heterocycles. The van der Waals surface area contributed by atoms with Crippen LogP contribution in [0.15, 0.2) is 48.5 Å². The van der Waals surface area contributed by atoms with Crippen molar-refractivity contribution in [3.8, 4) is 0 Å². The van der Waals surface area contributed by atoms with Crippen molar-refractivity contribution in [3.63, 3.8) is 0 Å². The van der Waals surface area contributed by atoms with E-state index >= 15 is 0 Å². The van der Waals surface area contributed by atoms with Crippen molar-refractivity contribution < 1.29 is 14.5 Å². The summed E-state index contributed by atoms with van der Waals surface area (Å²) in [5, 5.41) is 9.33. The molecular weight excluding hydrogens is 282 g/mol. The van der Waals surface area contributed by atoms with Gasteiger partial charge in [-0.2, -0.15) is 0 Å². The number of nitrogens with zero attached hydrogens (tertiary/aromatic N) is 1. The number of nitro groups is 1. The monoisotopic (exact) mass is 289 g/mol. The summed E-state index contributed by atoms with van der Waals surface area (Å²) in [5.74, 6) is -0.664. The van der Waals surface area contributed by atoms with Crippen molar-refractivity contribution in [2.24, 2.45) is 0 Å². The second-order valence-electron chi connectivity index (χ2n) is 4.34.